The molecule has 1 aliphatic rings. The topological polar surface area (TPSA) is 46.5 Å². The number of aliphatic hydroxyl groups excluding tert-OH is 1. The summed E-state index contributed by atoms with van der Waals surface area (Å²) in [7, 11) is 0. The molecule has 22 heavy (non-hydrogen) atoms. The number of carbonyl (C=O) groups excluding carboxylic acids is 1. The lowest BCUT2D eigenvalue weighted by atomic mass is 9.98. The lowest BCUT2D eigenvalue weighted by molar-refractivity contribution is 0.0903. The Kier molecular flexibility index (Phi) is 4.54. The Bertz CT molecular complexity index is 623. The number of benzene rings is 2. The molecule has 0 unspecified atom stereocenters. The van der Waals surface area contributed by atoms with Crippen molar-refractivity contribution < 1.29 is 14.6 Å². The third-order valence-electron chi connectivity index (χ3n) is 4.26. The monoisotopic (exact) mass is 296 g/mol. The van der Waals surface area contributed by atoms with Gasteiger partial charge in [-0.2, -0.15) is 0 Å². The van der Waals surface area contributed by atoms with Gasteiger partial charge in [-0.25, -0.2) is 0 Å². The molecule has 114 valence electrons. The molecule has 2 aromatic carbocycles. The molecule has 1 N–H and O–H groups in total. The van der Waals surface area contributed by atoms with Crippen molar-refractivity contribution in [3.63, 3.8) is 0 Å². The average molecular weight is 296 g/mol. The van der Waals surface area contributed by atoms with Crippen molar-refractivity contribution in [1.29, 1.82) is 0 Å². The van der Waals surface area contributed by atoms with Gasteiger partial charge in [-0.1, -0.05) is 25.0 Å². The first-order valence-corrected chi connectivity index (χ1v) is 7.78. The van der Waals surface area contributed by atoms with E-state index >= 15 is 0 Å². The Morgan fingerprint density at radius 3 is 2.05 bits per heavy atom. The number of hydrogen-bond acceptors (Lipinski definition) is 3. The van der Waals surface area contributed by atoms with Crippen molar-refractivity contribution in [2.45, 2.75) is 31.6 Å². The van der Waals surface area contributed by atoms with E-state index in [1.54, 1.807) is 24.3 Å². The van der Waals surface area contributed by atoms with Crippen molar-refractivity contribution >= 4 is 5.78 Å². The molecule has 3 rings (SSSR count). The molecular weight excluding hydrogens is 276 g/mol. The zero-order chi connectivity index (χ0) is 15.4. The van der Waals surface area contributed by atoms with E-state index in [0.717, 1.165) is 5.75 Å². The van der Waals surface area contributed by atoms with Crippen LogP contribution in [0.3, 0.4) is 0 Å². The van der Waals surface area contributed by atoms with Gasteiger partial charge in [0.1, 0.15) is 18.1 Å². The minimum atomic E-state index is -0.469. The quantitative estimate of drug-likeness (QED) is 0.836. The van der Waals surface area contributed by atoms with Crippen LogP contribution in [0.4, 0.5) is 0 Å². The van der Waals surface area contributed by atoms with Crippen molar-refractivity contribution in [1.82, 2.24) is 0 Å². The maximum absolute atomic E-state index is 11.4. The second-order valence-corrected chi connectivity index (χ2v) is 5.76. The Hall–Kier alpha value is -2.13. The second kappa shape index (κ2) is 6.75. The molecule has 0 saturated heterocycles. The molecule has 3 nitrogen and oxygen atoms in total. The molecule has 0 aliphatic heterocycles. The molecule has 1 fully saturated rings. The van der Waals surface area contributed by atoms with Crippen LogP contribution in [0.1, 0.15) is 47.5 Å². The van der Waals surface area contributed by atoms with E-state index in [2.05, 4.69) is 12.1 Å². The summed E-state index contributed by atoms with van der Waals surface area (Å²) in [6.07, 6.45) is 5.25. The fourth-order valence-electron chi connectivity index (χ4n) is 3.00. The van der Waals surface area contributed by atoms with E-state index in [9.17, 15) is 4.79 Å². The molecular formula is C19H20O3. The highest BCUT2D eigenvalue weighted by Gasteiger charge is 2.16. The largest absolute Gasteiger partial charge is 0.457 e. The van der Waals surface area contributed by atoms with Gasteiger partial charge in [0.25, 0.3) is 0 Å². The number of aliphatic hydroxyl groups is 1. The Balaban J connectivity index is 1.66. The fourth-order valence-corrected chi connectivity index (χ4v) is 3.00. The standard InChI is InChI=1S/C19H20O3/c20-13-19(21)16-7-11-18(12-8-16)22-17-9-5-15(6-10-17)14-3-1-2-4-14/h5-12,14,20H,1-4,13H2. The smallest absolute Gasteiger partial charge is 0.188 e. The van der Waals surface area contributed by atoms with Crippen molar-refractivity contribution in [2.75, 3.05) is 6.61 Å². The van der Waals surface area contributed by atoms with E-state index in [-0.39, 0.29) is 5.78 Å². The van der Waals surface area contributed by atoms with E-state index < -0.39 is 6.61 Å². The minimum Gasteiger partial charge on any atom is -0.457 e. The number of Topliss-reactive ketones (excluding diaryl/α,β-unsaturated/α-hetero) is 1. The molecule has 1 saturated carbocycles. The van der Waals surface area contributed by atoms with Gasteiger partial charge < -0.3 is 9.84 Å². The SMILES string of the molecule is O=C(CO)c1ccc(Oc2ccc(C3CCCC3)cc2)cc1. The maximum atomic E-state index is 11.4. The minimum absolute atomic E-state index is 0.285. The molecule has 1 aliphatic carbocycles. The van der Waals surface area contributed by atoms with Crippen LogP contribution in [0.5, 0.6) is 11.5 Å². The number of hydrogen-bond donors (Lipinski definition) is 1. The lowest BCUT2D eigenvalue weighted by Crippen LogP contribution is -2.03. The summed E-state index contributed by atoms with van der Waals surface area (Å²) in [6.45, 7) is -0.469. The summed E-state index contributed by atoms with van der Waals surface area (Å²) in [5.41, 5.74) is 1.89. The summed E-state index contributed by atoms with van der Waals surface area (Å²) in [4.78, 5) is 11.4. The highest BCUT2D eigenvalue weighted by Crippen LogP contribution is 2.35. The van der Waals surface area contributed by atoms with Gasteiger partial charge >= 0.3 is 0 Å². The predicted molar refractivity (Wildman–Crippen MR) is 85.6 cm³/mol. The van der Waals surface area contributed by atoms with Crippen molar-refractivity contribution in [2.24, 2.45) is 0 Å². The molecule has 0 atom stereocenters. The molecule has 0 spiro atoms. The molecule has 0 radical (unpaired) electrons. The van der Waals surface area contributed by atoms with Gasteiger partial charge in [0.05, 0.1) is 0 Å². The van der Waals surface area contributed by atoms with Crippen molar-refractivity contribution in [3.8, 4) is 11.5 Å². The Labute approximate surface area is 130 Å². The first kappa shape index (κ1) is 14.8. The van der Waals surface area contributed by atoms with E-state index in [1.165, 1.54) is 31.2 Å². The number of rotatable bonds is 5. The van der Waals surface area contributed by atoms with Gasteiger partial charge in [0, 0.05) is 5.56 Å². The summed E-state index contributed by atoms with van der Waals surface area (Å²) < 4.78 is 5.79. The lowest BCUT2D eigenvalue weighted by Gasteiger charge is -2.11. The summed E-state index contributed by atoms with van der Waals surface area (Å²) in [6, 6.07) is 15.1. The van der Waals surface area contributed by atoms with Crippen LogP contribution >= 0.6 is 0 Å². The molecule has 2 aromatic rings. The molecule has 0 heterocycles. The van der Waals surface area contributed by atoms with Gasteiger partial charge in [-0.15, -0.1) is 0 Å². The van der Waals surface area contributed by atoms with Crippen LogP contribution in [0, 0.1) is 0 Å². The number of ketones is 1. The molecule has 0 amide bonds. The zero-order valence-corrected chi connectivity index (χ0v) is 12.5. The molecule has 0 bridgehead atoms. The highest BCUT2D eigenvalue weighted by molar-refractivity contribution is 5.96. The van der Waals surface area contributed by atoms with Crippen LogP contribution in [0.25, 0.3) is 0 Å². The number of carbonyl (C=O) groups is 1. The van der Waals surface area contributed by atoms with Crippen LogP contribution in [0.15, 0.2) is 48.5 Å². The van der Waals surface area contributed by atoms with Crippen LogP contribution in [-0.2, 0) is 0 Å². The Morgan fingerprint density at radius 2 is 1.50 bits per heavy atom. The van der Waals surface area contributed by atoms with E-state index in [0.29, 0.717) is 17.2 Å². The second-order valence-electron chi connectivity index (χ2n) is 5.76. The summed E-state index contributed by atoms with van der Waals surface area (Å²) >= 11 is 0. The third-order valence-corrected chi connectivity index (χ3v) is 4.26. The molecule has 0 aromatic heterocycles. The fraction of sp³-hybridized carbons (Fsp3) is 0.316. The average Bonchev–Trinajstić information content (AvgIpc) is 3.10. The predicted octanol–water partition coefficient (Wildman–Crippen LogP) is 4.31. The normalized spacial score (nSPS) is 15.0. The van der Waals surface area contributed by atoms with Crippen LogP contribution < -0.4 is 4.74 Å². The first-order valence-electron chi connectivity index (χ1n) is 7.78. The third kappa shape index (κ3) is 3.37. The molecule has 3 heteroatoms. The van der Waals surface area contributed by atoms with Gasteiger partial charge in [-0.05, 0) is 60.7 Å². The van der Waals surface area contributed by atoms with E-state index in [4.69, 9.17) is 9.84 Å². The first-order chi connectivity index (χ1) is 10.8. The van der Waals surface area contributed by atoms with E-state index in [1.807, 2.05) is 12.1 Å². The summed E-state index contributed by atoms with van der Waals surface area (Å²) in [5, 5.41) is 8.83. The van der Waals surface area contributed by atoms with Gasteiger partial charge in [-0.3, -0.25) is 4.79 Å². The van der Waals surface area contributed by atoms with Gasteiger partial charge in [0.15, 0.2) is 5.78 Å². The highest BCUT2D eigenvalue weighted by atomic mass is 16.5. The maximum Gasteiger partial charge on any atom is 0.188 e. The van der Waals surface area contributed by atoms with Crippen LogP contribution in [-0.4, -0.2) is 17.5 Å². The van der Waals surface area contributed by atoms with Crippen molar-refractivity contribution in [3.05, 3.63) is 59.7 Å². The Morgan fingerprint density at radius 1 is 0.955 bits per heavy atom. The van der Waals surface area contributed by atoms with Crippen LogP contribution in [0.2, 0.25) is 0 Å². The van der Waals surface area contributed by atoms with Gasteiger partial charge in [0.2, 0.25) is 0 Å². The summed E-state index contributed by atoms with van der Waals surface area (Å²) in [5.74, 6) is 1.90. The zero-order valence-electron chi connectivity index (χ0n) is 12.5. The number of ether oxygens (including phenoxy) is 1.